The van der Waals surface area contributed by atoms with Crippen LogP contribution in [0.1, 0.15) is 34.0 Å². The smallest absolute Gasteiger partial charge is 0.271 e. The van der Waals surface area contributed by atoms with E-state index in [9.17, 15) is 14.9 Å². The minimum atomic E-state index is -0.444. The van der Waals surface area contributed by atoms with Crippen molar-refractivity contribution in [2.24, 2.45) is 5.10 Å². The number of nitrogens with one attached hydrogen (secondary N) is 1. The molecule has 0 aliphatic rings. The number of carbonyl (C=O) groups excluding carboxylic acids is 1. The fourth-order valence-corrected chi connectivity index (χ4v) is 4.10. The SMILES string of the molecule is CCOc1cc(C(=O)N/N=C/c2ccc(OCc3ccc([N+](=O)[O-])cc3)c(Br)c2)ccc1OCc1ccccc1. The molecule has 0 heterocycles. The molecule has 0 saturated carbocycles. The van der Waals surface area contributed by atoms with Gasteiger partial charge >= 0.3 is 0 Å². The summed E-state index contributed by atoms with van der Waals surface area (Å²) >= 11 is 3.48. The van der Waals surface area contributed by atoms with Gasteiger partial charge in [-0.3, -0.25) is 14.9 Å². The topological polar surface area (TPSA) is 112 Å². The molecule has 4 rings (SSSR count). The maximum absolute atomic E-state index is 12.7. The zero-order valence-electron chi connectivity index (χ0n) is 21.6. The molecule has 10 heteroatoms. The van der Waals surface area contributed by atoms with Gasteiger partial charge in [0, 0.05) is 17.7 Å². The van der Waals surface area contributed by atoms with Crippen molar-refractivity contribution >= 4 is 33.7 Å². The van der Waals surface area contributed by atoms with E-state index in [1.165, 1.54) is 18.3 Å². The monoisotopic (exact) mass is 603 g/mol. The second-order valence-corrected chi connectivity index (χ2v) is 9.32. The summed E-state index contributed by atoms with van der Waals surface area (Å²) in [5.74, 6) is 1.22. The van der Waals surface area contributed by atoms with Gasteiger partial charge in [-0.05, 0) is 88.1 Å². The van der Waals surface area contributed by atoms with Crippen LogP contribution in [0.25, 0.3) is 0 Å². The lowest BCUT2D eigenvalue weighted by atomic mass is 10.2. The van der Waals surface area contributed by atoms with E-state index >= 15 is 0 Å². The van der Waals surface area contributed by atoms with Gasteiger partial charge in [-0.1, -0.05) is 30.3 Å². The largest absolute Gasteiger partial charge is 0.490 e. The number of carbonyl (C=O) groups is 1. The Kier molecular flexibility index (Phi) is 9.84. The van der Waals surface area contributed by atoms with Crippen molar-refractivity contribution in [1.82, 2.24) is 5.43 Å². The maximum atomic E-state index is 12.7. The van der Waals surface area contributed by atoms with Crippen LogP contribution in [0.5, 0.6) is 17.2 Å². The summed E-state index contributed by atoms with van der Waals surface area (Å²) in [5.41, 5.74) is 5.49. The van der Waals surface area contributed by atoms with Gasteiger partial charge in [-0.25, -0.2) is 5.43 Å². The van der Waals surface area contributed by atoms with Gasteiger partial charge in [-0.15, -0.1) is 0 Å². The molecule has 40 heavy (non-hydrogen) atoms. The third-order valence-electron chi connectivity index (χ3n) is 5.62. The van der Waals surface area contributed by atoms with E-state index in [0.29, 0.717) is 40.5 Å². The minimum Gasteiger partial charge on any atom is -0.490 e. The third kappa shape index (κ3) is 7.90. The number of hydrogen-bond acceptors (Lipinski definition) is 7. The van der Waals surface area contributed by atoms with Crippen LogP contribution in [0.4, 0.5) is 5.69 Å². The summed E-state index contributed by atoms with van der Waals surface area (Å²) in [6, 6.07) is 26.3. The molecule has 0 spiro atoms. The van der Waals surface area contributed by atoms with Gasteiger partial charge in [0.15, 0.2) is 11.5 Å². The van der Waals surface area contributed by atoms with Gasteiger partial charge < -0.3 is 14.2 Å². The zero-order chi connectivity index (χ0) is 28.3. The Hall–Kier alpha value is -4.70. The van der Waals surface area contributed by atoms with Crippen LogP contribution in [0.3, 0.4) is 0 Å². The van der Waals surface area contributed by atoms with Crippen molar-refractivity contribution < 1.29 is 23.9 Å². The lowest BCUT2D eigenvalue weighted by molar-refractivity contribution is -0.384. The molecule has 1 N–H and O–H groups in total. The van der Waals surface area contributed by atoms with Crippen LogP contribution < -0.4 is 19.6 Å². The molecular formula is C30H26BrN3O6. The minimum absolute atomic E-state index is 0.0280. The van der Waals surface area contributed by atoms with Crippen LogP contribution in [0.2, 0.25) is 0 Å². The third-order valence-corrected chi connectivity index (χ3v) is 6.24. The quantitative estimate of drug-likeness (QED) is 0.110. The van der Waals surface area contributed by atoms with E-state index in [1.807, 2.05) is 37.3 Å². The number of rotatable bonds is 12. The summed E-state index contributed by atoms with van der Waals surface area (Å²) in [6.45, 7) is 2.92. The van der Waals surface area contributed by atoms with Crippen LogP contribution in [0.15, 0.2) is 101 Å². The second-order valence-electron chi connectivity index (χ2n) is 8.47. The predicted octanol–water partition coefficient (Wildman–Crippen LogP) is 6.68. The lowest BCUT2D eigenvalue weighted by Gasteiger charge is -2.13. The molecule has 0 atom stereocenters. The van der Waals surface area contributed by atoms with E-state index in [2.05, 4.69) is 26.5 Å². The summed E-state index contributed by atoms with van der Waals surface area (Å²) in [4.78, 5) is 23.0. The number of nitrogens with zero attached hydrogens (tertiary/aromatic N) is 2. The molecule has 0 bridgehead atoms. The lowest BCUT2D eigenvalue weighted by Crippen LogP contribution is -2.17. The van der Waals surface area contributed by atoms with Crippen molar-refractivity contribution in [3.63, 3.8) is 0 Å². The van der Waals surface area contributed by atoms with Crippen molar-refractivity contribution in [3.05, 3.63) is 128 Å². The highest BCUT2D eigenvalue weighted by Crippen LogP contribution is 2.30. The van der Waals surface area contributed by atoms with Gasteiger partial charge in [0.2, 0.25) is 0 Å². The van der Waals surface area contributed by atoms with E-state index in [4.69, 9.17) is 14.2 Å². The Morgan fingerprint density at radius 2 is 1.55 bits per heavy atom. The number of ether oxygens (including phenoxy) is 3. The Bertz CT molecular complexity index is 1490. The van der Waals surface area contributed by atoms with Crippen molar-refractivity contribution in [3.8, 4) is 17.2 Å². The number of hydrogen-bond donors (Lipinski definition) is 1. The fraction of sp³-hybridized carbons (Fsp3) is 0.133. The van der Waals surface area contributed by atoms with Crippen molar-refractivity contribution in [2.75, 3.05) is 6.61 Å². The Morgan fingerprint density at radius 3 is 2.23 bits per heavy atom. The van der Waals surface area contributed by atoms with Gasteiger partial charge in [0.25, 0.3) is 11.6 Å². The summed E-state index contributed by atoms with van der Waals surface area (Å²) in [5, 5.41) is 14.9. The van der Waals surface area contributed by atoms with Crippen LogP contribution >= 0.6 is 15.9 Å². The highest BCUT2D eigenvalue weighted by molar-refractivity contribution is 9.10. The standard InChI is InChI=1S/C30H26BrN3O6/c1-2-38-29-17-24(11-15-28(29)40-19-21-6-4-3-5-7-21)30(35)33-32-18-23-10-14-27(26(31)16-23)39-20-22-8-12-25(13-9-22)34(36)37/h3-18H,2,19-20H2,1H3,(H,33,35)/b32-18+. The average Bonchev–Trinajstić information content (AvgIpc) is 2.97. The molecule has 9 nitrogen and oxygen atoms in total. The summed E-state index contributed by atoms with van der Waals surface area (Å²) in [7, 11) is 0. The number of nitro benzene ring substituents is 1. The van der Waals surface area contributed by atoms with Crippen LogP contribution in [-0.2, 0) is 13.2 Å². The number of halogens is 1. The predicted molar refractivity (Wildman–Crippen MR) is 155 cm³/mol. The van der Waals surface area contributed by atoms with Gasteiger partial charge in [-0.2, -0.15) is 5.10 Å². The molecule has 204 valence electrons. The molecular weight excluding hydrogens is 578 g/mol. The first-order valence-corrected chi connectivity index (χ1v) is 13.1. The molecule has 0 fully saturated rings. The molecule has 4 aromatic carbocycles. The van der Waals surface area contributed by atoms with Crippen molar-refractivity contribution in [2.45, 2.75) is 20.1 Å². The zero-order valence-corrected chi connectivity index (χ0v) is 23.2. The fourth-order valence-electron chi connectivity index (χ4n) is 3.59. The molecule has 4 aromatic rings. The number of amides is 1. The average molecular weight is 604 g/mol. The van der Waals surface area contributed by atoms with Crippen LogP contribution in [-0.4, -0.2) is 23.7 Å². The molecule has 0 aromatic heterocycles. The number of nitro groups is 1. The Balaban J connectivity index is 1.33. The molecule has 0 unspecified atom stereocenters. The molecule has 0 aliphatic carbocycles. The first-order valence-electron chi connectivity index (χ1n) is 12.4. The Labute approximate surface area is 239 Å². The highest BCUT2D eigenvalue weighted by atomic mass is 79.9. The van der Waals surface area contributed by atoms with E-state index in [1.54, 1.807) is 48.5 Å². The first-order chi connectivity index (χ1) is 19.4. The van der Waals surface area contributed by atoms with Gasteiger partial charge in [0.1, 0.15) is 19.0 Å². The molecule has 0 saturated heterocycles. The Morgan fingerprint density at radius 1 is 0.875 bits per heavy atom. The summed E-state index contributed by atoms with van der Waals surface area (Å²) in [6.07, 6.45) is 1.52. The highest BCUT2D eigenvalue weighted by Gasteiger charge is 2.12. The maximum Gasteiger partial charge on any atom is 0.271 e. The van der Waals surface area contributed by atoms with Crippen molar-refractivity contribution in [1.29, 1.82) is 0 Å². The first kappa shape index (κ1) is 28.3. The molecule has 1 amide bonds. The van der Waals surface area contributed by atoms with E-state index in [-0.39, 0.29) is 12.3 Å². The normalized spacial score (nSPS) is 10.8. The summed E-state index contributed by atoms with van der Waals surface area (Å²) < 4.78 is 18.1. The number of non-ortho nitro benzene ring substituents is 1. The molecule has 0 aliphatic heterocycles. The molecule has 0 radical (unpaired) electrons. The van der Waals surface area contributed by atoms with E-state index < -0.39 is 10.8 Å². The van der Waals surface area contributed by atoms with Crippen LogP contribution in [0, 0.1) is 10.1 Å². The number of benzene rings is 4. The van der Waals surface area contributed by atoms with Gasteiger partial charge in [0.05, 0.1) is 22.2 Å². The van der Waals surface area contributed by atoms with E-state index in [0.717, 1.165) is 16.7 Å². The second kappa shape index (κ2) is 13.9. The number of hydrazone groups is 1.